The Morgan fingerprint density at radius 2 is 1.50 bits per heavy atom. The molecule has 0 aromatic heterocycles. The molecule has 185 valence electrons. The van der Waals surface area contributed by atoms with Crippen molar-refractivity contribution in [2.24, 2.45) is 11.5 Å². The highest BCUT2D eigenvalue weighted by molar-refractivity contribution is 6.32. The lowest BCUT2D eigenvalue weighted by molar-refractivity contribution is -0.197. The lowest BCUT2D eigenvalue weighted by Gasteiger charge is -2.46. The second kappa shape index (κ2) is 10.1. The van der Waals surface area contributed by atoms with E-state index in [1.807, 2.05) is 60.7 Å². The van der Waals surface area contributed by atoms with Crippen molar-refractivity contribution in [3.8, 4) is 0 Å². The van der Waals surface area contributed by atoms with Crippen LogP contribution in [0, 0.1) is 5.92 Å². The first-order valence-corrected chi connectivity index (χ1v) is 11.5. The van der Waals surface area contributed by atoms with Crippen molar-refractivity contribution >= 4 is 29.3 Å². The Morgan fingerprint density at radius 3 is 1.94 bits per heavy atom. The molecule has 4 rings (SSSR count). The third kappa shape index (κ3) is 4.95. The number of rotatable bonds is 8. The van der Waals surface area contributed by atoms with E-state index in [2.05, 4.69) is 0 Å². The minimum Gasteiger partial charge on any atom is -0.370 e. The number of carbonyl (C=O) groups is 3. The summed E-state index contributed by atoms with van der Waals surface area (Å²) >= 11 is 6.71. The number of likely N-dealkylation sites (tertiary alicyclic amines) is 1. The van der Waals surface area contributed by atoms with Crippen molar-refractivity contribution in [1.29, 1.82) is 0 Å². The summed E-state index contributed by atoms with van der Waals surface area (Å²) in [7, 11) is 0. The Morgan fingerprint density at radius 1 is 0.944 bits per heavy atom. The Bertz CT molecular complexity index is 1250. The van der Waals surface area contributed by atoms with Gasteiger partial charge >= 0.3 is 0 Å². The largest absolute Gasteiger partial charge is 0.370 e. The number of amides is 3. The number of halogens is 3. The van der Waals surface area contributed by atoms with Crippen molar-refractivity contribution in [1.82, 2.24) is 4.90 Å². The van der Waals surface area contributed by atoms with Gasteiger partial charge in [-0.05, 0) is 28.3 Å². The first-order chi connectivity index (χ1) is 17.1. The van der Waals surface area contributed by atoms with E-state index in [4.69, 9.17) is 23.1 Å². The van der Waals surface area contributed by atoms with Crippen LogP contribution in [-0.2, 0) is 14.4 Å². The van der Waals surface area contributed by atoms with E-state index in [1.165, 1.54) is 6.07 Å². The van der Waals surface area contributed by atoms with Gasteiger partial charge in [0.2, 0.25) is 17.7 Å². The smallest absolute Gasteiger partial charge is 0.294 e. The molecule has 0 spiro atoms. The van der Waals surface area contributed by atoms with Gasteiger partial charge in [0, 0.05) is 11.4 Å². The number of primary amides is 2. The number of carbonyl (C=O) groups excluding carboxylic acids is 3. The van der Waals surface area contributed by atoms with E-state index in [1.54, 1.807) is 12.1 Å². The normalized spacial score (nSPS) is 17.3. The number of nitrogens with zero attached hydrogens (tertiary/aromatic N) is 1. The molecule has 1 unspecified atom stereocenters. The Labute approximate surface area is 211 Å². The van der Waals surface area contributed by atoms with Crippen LogP contribution < -0.4 is 11.5 Å². The average Bonchev–Trinajstić information content (AvgIpc) is 2.83. The summed E-state index contributed by atoms with van der Waals surface area (Å²) in [5, 5.41) is 0.290. The zero-order valence-electron chi connectivity index (χ0n) is 19.0. The molecular formula is C27H23ClF2N3O3. The van der Waals surface area contributed by atoms with Gasteiger partial charge in [-0.15, -0.1) is 0 Å². The van der Waals surface area contributed by atoms with Gasteiger partial charge in [-0.2, -0.15) is 0 Å². The molecule has 0 saturated carbocycles. The van der Waals surface area contributed by atoms with Crippen LogP contribution in [0.15, 0.2) is 78.9 Å². The van der Waals surface area contributed by atoms with Gasteiger partial charge in [0.05, 0.1) is 18.4 Å². The maximum atomic E-state index is 13.9. The van der Waals surface area contributed by atoms with E-state index >= 15 is 0 Å². The zero-order chi connectivity index (χ0) is 26.0. The summed E-state index contributed by atoms with van der Waals surface area (Å²) in [4.78, 5) is 37.2. The predicted molar refractivity (Wildman–Crippen MR) is 131 cm³/mol. The van der Waals surface area contributed by atoms with Crippen LogP contribution in [-0.4, -0.2) is 41.1 Å². The molecule has 3 aromatic rings. The standard InChI is InChI=1S/C27H23ClF2N3O3/c28-21-13-18(20(14-22(31)34)26(36)33-15-27(29,30)24(33)25(32)35)11-12-19(21)23(16-7-3-1-4-8-16)17-9-5-2-6-10-17/h1-13,20,24H,14-15H2,(H2,31,34)(H2,32,35)/t20-,24?/m1/s1. The van der Waals surface area contributed by atoms with Gasteiger partial charge in [0.1, 0.15) is 0 Å². The minimum absolute atomic E-state index is 0.290. The van der Waals surface area contributed by atoms with Crippen LogP contribution in [0.3, 0.4) is 0 Å². The molecule has 2 atom stereocenters. The molecule has 3 aromatic carbocycles. The van der Waals surface area contributed by atoms with Crippen LogP contribution in [0.1, 0.15) is 34.6 Å². The molecule has 1 fully saturated rings. The number of benzene rings is 3. The van der Waals surface area contributed by atoms with Crippen molar-refractivity contribution in [2.75, 3.05) is 6.54 Å². The topological polar surface area (TPSA) is 106 Å². The number of hydrogen-bond acceptors (Lipinski definition) is 3. The number of alkyl halides is 2. The Kier molecular flexibility index (Phi) is 7.08. The minimum atomic E-state index is -3.44. The van der Waals surface area contributed by atoms with Crippen LogP contribution in [0.2, 0.25) is 5.02 Å². The molecule has 1 aliphatic rings. The molecule has 1 heterocycles. The first kappa shape index (κ1) is 25.3. The molecule has 0 bridgehead atoms. The van der Waals surface area contributed by atoms with Crippen LogP contribution in [0.4, 0.5) is 8.78 Å². The highest BCUT2D eigenvalue weighted by Gasteiger charge is 2.60. The van der Waals surface area contributed by atoms with Gasteiger partial charge < -0.3 is 16.4 Å². The van der Waals surface area contributed by atoms with E-state index in [9.17, 15) is 23.2 Å². The van der Waals surface area contributed by atoms with E-state index < -0.39 is 48.6 Å². The summed E-state index contributed by atoms with van der Waals surface area (Å²) in [6.45, 7) is -0.972. The third-order valence-electron chi connectivity index (χ3n) is 6.14. The molecule has 1 radical (unpaired) electrons. The molecule has 3 amide bonds. The maximum absolute atomic E-state index is 13.9. The van der Waals surface area contributed by atoms with Gasteiger partial charge in [-0.1, -0.05) is 84.4 Å². The van der Waals surface area contributed by atoms with Crippen LogP contribution in [0.25, 0.3) is 0 Å². The maximum Gasteiger partial charge on any atom is 0.294 e. The highest BCUT2D eigenvalue weighted by Crippen LogP contribution is 2.40. The SMILES string of the molecule is NC(=O)C[C@@H](C(=O)N1CC(F)(F)C1C(N)=O)c1ccc([C](c2ccccc2)c2ccccc2)c(Cl)c1. The van der Waals surface area contributed by atoms with Gasteiger partial charge in [-0.25, -0.2) is 8.78 Å². The molecule has 36 heavy (non-hydrogen) atoms. The molecule has 1 aliphatic heterocycles. The number of nitrogens with two attached hydrogens (primary N) is 2. The van der Waals surface area contributed by atoms with Gasteiger partial charge in [0.25, 0.3) is 5.92 Å². The summed E-state index contributed by atoms with van der Waals surface area (Å²) in [6.07, 6.45) is -0.448. The Hall–Kier alpha value is -3.78. The van der Waals surface area contributed by atoms with Crippen LogP contribution >= 0.6 is 11.6 Å². The summed E-state index contributed by atoms with van der Waals surface area (Å²) in [6, 6.07) is 21.9. The summed E-state index contributed by atoms with van der Waals surface area (Å²) in [5.74, 6) is -6.77. The molecule has 9 heteroatoms. The zero-order valence-corrected chi connectivity index (χ0v) is 19.8. The second-order valence-electron chi connectivity index (χ2n) is 8.60. The predicted octanol–water partition coefficient (Wildman–Crippen LogP) is 3.65. The fourth-order valence-electron chi connectivity index (χ4n) is 4.47. The van der Waals surface area contributed by atoms with Crippen molar-refractivity contribution in [2.45, 2.75) is 24.3 Å². The summed E-state index contributed by atoms with van der Waals surface area (Å²) < 4.78 is 27.8. The van der Waals surface area contributed by atoms with Crippen molar-refractivity contribution in [3.05, 3.63) is 112 Å². The van der Waals surface area contributed by atoms with Crippen molar-refractivity contribution < 1.29 is 23.2 Å². The van der Waals surface area contributed by atoms with E-state index in [-0.39, 0.29) is 5.02 Å². The fourth-order valence-corrected chi connectivity index (χ4v) is 4.76. The van der Waals surface area contributed by atoms with Crippen molar-refractivity contribution in [3.63, 3.8) is 0 Å². The third-order valence-corrected chi connectivity index (χ3v) is 6.45. The van der Waals surface area contributed by atoms with Crippen LogP contribution in [0.5, 0.6) is 0 Å². The summed E-state index contributed by atoms with van der Waals surface area (Å²) in [5.41, 5.74) is 13.3. The molecular weight excluding hydrogens is 488 g/mol. The first-order valence-electron chi connectivity index (χ1n) is 11.1. The lowest BCUT2D eigenvalue weighted by atomic mass is 9.83. The lowest BCUT2D eigenvalue weighted by Crippen LogP contribution is -2.71. The van der Waals surface area contributed by atoms with E-state index in [0.717, 1.165) is 17.0 Å². The second-order valence-corrected chi connectivity index (χ2v) is 9.01. The van der Waals surface area contributed by atoms with E-state index in [0.29, 0.717) is 16.0 Å². The number of hydrogen-bond donors (Lipinski definition) is 2. The molecule has 6 nitrogen and oxygen atoms in total. The molecule has 0 aliphatic carbocycles. The average molecular weight is 511 g/mol. The fraction of sp³-hybridized carbons (Fsp3) is 0.185. The molecule has 1 saturated heterocycles. The highest BCUT2D eigenvalue weighted by atomic mass is 35.5. The van der Waals surface area contributed by atoms with Gasteiger partial charge in [0.15, 0.2) is 6.04 Å². The molecule has 4 N–H and O–H groups in total. The Balaban J connectivity index is 1.72. The monoisotopic (exact) mass is 510 g/mol. The van der Waals surface area contributed by atoms with Gasteiger partial charge in [-0.3, -0.25) is 14.4 Å². The quantitative estimate of drug-likeness (QED) is 0.452.